The topological polar surface area (TPSA) is 48.2 Å². The van der Waals surface area contributed by atoms with Gasteiger partial charge in [-0.25, -0.2) is 8.78 Å². The smallest absolute Gasteiger partial charge is 0.226 e. The van der Waals surface area contributed by atoms with Gasteiger partial charge in [-0.2, -0.15) is 0 Å². The molecule has 1 fully saturated rings. The average Bonchev–Trinajstić information content (AvgIpc) is 3.21. The minimum Gasteiger partial charge on any atom is -0.381 e. The molecule has 9 heteroatoms. The van der Waals surface area contributed by atoms with E-state index in [1.165, 1.54) is 12.1 Å². The summed E-state index contributed by atoms with van der Waals surface area (Å²) in [6.07, 6.45) is 2.24. The van der Waals surface area contributed by atoms with E-state index in [1.807, 2.05) is 16.2 Å². The van der Waals surface area contributed by atoms with Crippen LogP contribution in [0.15, 0.2) is 16.6 Å². The van der Waals surface area contributed by atoms with E-state index in [1.54, 1.807) is 0 Å². The van der Waals surface area contributed by atoms with Crippen LogP contribution in [0.1, 0.15) is 35.7 Å². The zero-order valence-corrected chi connectivity index (χ0v) is 18.4. The van der Waals surface area contributed by atoms with Crippen molar-refractivity contribution < 1.29 is 18.3 Å². The highest BCUT2D eigenvalue weighted by molar-refractivity contribution is 9.10. The van der Waals surface area contributed by atoms with Crippen molar-refractivity contribution in [1.29, 1.82) is 0 Å². The molecule has 1 N–H and O–H groups in total. The molecule has 2 aromatic rings. The molecule has 0 aliphatic carbocycles. The summed E-state index contributed by atoms with van der Waals surface area (Å²) < 4.78 is 38.8. The molecule has 156 valence electrons. The molecule has 1 amide bonds. The molecule has 2 aliphatic rings. The van der Waals surface area contributed by atoms with E-state index in [9.17, 15) is 13.6 Å². The van der Waals surface area contributed by atoms with Gasteiger partial charge in [-0.15, -0.1) is 0 Å². The predicted molar refractivity (Wildman–Crippen MR) is 110 cm³/mol. The van der Waals surface area contributed by atoms with Crippen molar-refractivity contribution in [3.63, 3.8) is 0 Å². The molecule has 0 radical (unpaired) electrons. The molecule has 2 aliphatic heterocycles. The number of ether oxygens (including phenoxy) is 1. The van der Waals surface area contributed by atoms with Gasteiger partial charge in [0.25, 0.3) is 0 Å². The minimum atomic E-state index is -0.574. The Morgan fingerprint density at radius 1 is 1.34 bits per heavy atom. The Bertz CT molecular complexity index is 1010. The van der Waals surface area contributed by atoms with Crippen LogP contribution >= 0.6 is 28.1 Å². The summed E-state index contributed by atoms with van der Waals surface area (Å²) in [5, 5.41) is 3.06. The van der Waals surface area contributed by atoms with Crippen molar-refractivity contribution in [2.75, 3.05) is 13.2 Å². The van der Waals surface area contributed by atoms with Gasteiger partial charge in [0.2, 0.25) is 5.91 Å². The van der Waals surface area contributed by atoms with Crippen LogP contribution in [0.25, 0.3) is 0 Å². The average molecular weight is 486 g/mol. The molecule has 1 aromatic carbocycles. The maximum Gasteiger partial charge on any atom is 0.226 e. The summed E-state index contributed by atoms with van der Waals surface area (Å²) in [6, 6.07) is 2.76. The van der Waals surface area contributed by atoms with Crippen LogP contribution in [0.3, 0.4) is 0 Å². The molecule has 29 heavy (non-hydrogen) atoms. The summed E-state index contributed by atoms with van der Waals surface area (Å²) in [4.78, 5) is 12.6. The number of aromatic nitrogens is 2. The third-order valence-electron chi connectivity index (χ3n) is 5.83. The molecule has 1 unspecified atom stereocenters. The normalized spacial score (nSPS) is 19.4. The SMILES string of the molecule is Cn1c(CC(=O)NC2CCOCC2)c2n(c1=S)CC(c1c(F)ccc(Br)c1F)C2. The summed E-state index contributed by atoms with van der Waals surface area (Å²) in [6.45, 7) is 1.71. The van der Waals surface area contributed by atoms with Crippen LogP contribution in [0.2, 0.25) is 0 Å². The van der Waals surface area contributed by atoms with Gasteiger partial charge in [-0.3, -0.25) is 4.79 Å². The fourth-order valence-electron chi connectivity index (χ4n) is 4.30. The number of fused-ring (bicyclic) bond motifs is 1. The first-order valence-corrected chi connectivity index (χ1v) is 10.8. The molecule has 1 saturated heterocycles. The highest BCUT2D eigenvalue weighted by atomic mass is 79.9. The number of halogens is 3. The van der Waals surface area contributed by atoms with Gasteiger partial charge >= 0.3 is 0 Å². The molecular weight excluding hydrogens is 464 g/mol. The summed E-state index contributed by atoms with van der Waals surface area (Å²) in [5.41, 5.74) is 1.75. The molecule has 1 atom stereocenters. The molecule has 4 rings (SSSR count). The number of imidazole rings is 1. The lowest BCUT2D eigenvalue weighted by Crippen LogP contribution is -2.40. The Hall–Kier alpha value is -1.58. The number of amides is 1. The Morgan fingerprint density at radius 3 is 2.79 bits per heavy atom. The number of rotatable bonds is 4. The van der Waals surface area contributed by atoms with E-state index in [0.29, 0.717) is 31.0 Å². The number of benzene rings is 1. The second kappa shape index (κ2) is 8.28. The van der Waals surface area contributed by atoms with E-state index in [-0.39, 0.29) is 34.3 Å². The van der Waals surface area contributed by atoms with E-state index < -0.39 is 11.6 Å². The van der Waals surface area contributed by atoms with Crippen molar-refractivity contribution >= 4 is 34.1 Å². The highest BCUT2D eigenvalue weighted by Crippen LogP contribution is 2.37. The number of hydrogen-bond donors (Lipinski definition) is 1. The number of hydrogen-bond acceptors (Lipinski definition) is 3. The lowest BCUT2D eigenvalue weighted by molar-refractivity contribution is -0.121. The van der Waals surface area contributed by atoms with E-state index in [2.05, 4.69) is 21.2 Å². The van der Waals surface area contributed by atoms with E-state index in [4.69, 9.17) is 17.0 Å². The summed E-state index contributed by atoms with van der Waals surface area (Å²) in [5.74, 6) is -1.56. The second-order valence-corrected chi connectivity index (χ2v) is 8.85. The predicted octanol–water partition coefficient (Wildman–Crippen LogP) is 3.77. The minimum absolute atomic E-state index is 0.0673. The van der Waals surface area contributed by atoms with Gasteiger partial charge in [0.1, 0.15) is 11.6 Å². The zero-order valence-electron chi connectivity index (χ0n) is 16.0. The van der Waals surface area contributed by atoms with Crippen molar-refractivity contribution in [3.8, 4) is 0 Å². The molecule has 1 aromatic heterocycles. The standard InChI is InChI=1S/C20H22BrF2N3O2S/c1-25-15(9-17(27)24-12-4-6-28-7-5-12)16-8-11(10-26(16)20(25)29)18-14(22)3-2-13(21)19(18)23/h2-3,11-12H,4-10H2,1H3,(H,24,27). The lowest BCUT2D eigenvalue weighted by Gasteiger charge is -2.23. The number of carbonyl (C=O) groups excluding carboxylic acids is 1. The van der Waals surface area contributed by atoms with Crippen LogP contribution in [0.5, 0.6) is 0 Å². The molecule has 0 bridgehead atoms. The number of nitrogens with one attached hydrogen (secondary N) is 1. The van der Waals surface area contributed by atoms with Gasteiger partial charge in [-0.1, -0.05) is 0 Å². The van der Waals surface area contributed by atoms with Crippen molar-refractivity contribution in [3.05, 3.63) is 50.0 Å². The largest absolute Gasteiger partial charge is 0.381 e. The zero-order chi connectivity index (χ0) is 20.7. The summed E-state index contributed by atoms with van der Waals surface area (Å²) >= 11 is 8.67. The number of nitrogens with zero attached hydrogens (tertiary/aromatic N) is 2. The molecular formula is C20H22BrF2N3O2S. The van der Waals surface area contributed by atoms with Crippen molar-refractivity contribution in [2.45, 2.75) is 44.2 Å². The van der Waals surface area contributed by atoms with E-state index in [0.717, 1.165) is 24.2 Å². The quantitative estimate of drug-likeness (QED) is 0.529. The lowest BCUT2D eigenvalue weighted by atomic mass is 9.95. The Kier molecular flexibility index (Phi) is 5.90. The van der Waals surface area contributed by atoms with Crippen LogP contribution in [-0.2, 0) is 36.0 Å². The Labute approximate surface area is 181 Å². The van der Waals surface area contributed by atoms with Crippen LogP contribution in [-0.4, -0.2) is 34.3 Å². The molecule has 0 saturated carbocycles. The Balaban J connectivity index is 1.57. The molecule has 0 spiro atoms. The second-order valence-electron chi connectivity index (χ2n) is 7.63. The van der Waals surface area contributed by atoms with Gasteiger partial charge < -0.3 is 19.2 Å². The molecule has 5 nitrogen and oxygen atoms in total. The Morgan fingerprint density at radius 2 is 2.07 bits per heavy atom. The van der Waals surface area contributed by atoms with Gasteiger partial charge in [0, 0.05) is 55.7 Å². The maximum atomic E-state index is 14.6. The van der Waals surface area contributed by atoms with Crippen LogP contribution < -0.4 is 5.32 Å². The van der Waals surface area contributed by atoms with Gasteiger partial charge in [0.05, 0.1) is 10.9 Å². The van der Waals surface area contributed by atoms with E-state index >= 15 is 0 Å². The van der Waals surface area contributed by atoms with Crippen molar-refractivity contribution in [2.24, 2.45) is 7.05 Å². The first-order valence-electron chi connectivity index (χ1n) is 9.64. The first-order chi connectivity index (χ1) is 13.9. The maximum absolute atomic E-state index is 14.6. The van der Waals surface area contributed by atoms with Crippen LogP contribution in [0.4, 0.5) is 8.78 Å². The third kappa shape index (κ3) is 3.92. The highest BCUT2D eigenvalue weighted by Gasteiger charge is 2.33. The van der Waals surface area contributed by atoms with Gasteiger partial charge in [0.15, 0.2) is 4.77 Å². The van der Waals surface area contributed by atoms with Crippen LogP contribution in [0, 0.1) is 16.4 Å². The fraction of sp³-hybridized carbons (Fsp3) is 0.500. The molecule has 3 heterocycles. The van der Waals surface area contributed by atoms with Crippen molar-refractivity contribution in [1.82, 2.24) is 14.5 Å². The first kappa shape index (κ1) is 20.7. The number of carbonyl (C=O) groups is 1. The monoisotopic (exact) mass is 485 g/mol. The fourth-order valence-corrected chi connectivity index (χ4v) is 4.94. The third-order valence-corrected chi connectivity index (χ3v) is 6.93. The summed E-state index contributed by atoms with van der Waals surface area (Å²) in [7, 11) is 1.83. The van der Waals surface area contributed by atoms with Gasteiger partial charge in [-0.05, 0) is 59.5 Å².